The van der Waals surface area contributed by atoms with Crippen LogP contribution in [0.15, 0.2) is 18.2 Å². The van der Waals surface area contributed by atoms with Crippen molar-refractivity contribution in [3.05, 3.63) is 29.3 Å². The minimum Gasteiger partial charge on any atom is -0.491 e. The molecule has 0 radical (unpaired) electrons. The fourth-order valence-corrected chi connectivity index (χ4v) is 1.93. The van der Waals surface area contributed by atoms with Gasteiger partial charge in [0.25, 0.3) is 0 Å². The Labute approximate surface area is 96.8 Å². The zero-order chi connectivity index (χ0) is 11.4. The van der Waals surface area contributed by atoms with Crippen LogP contribution in [0.2, 0.25) is 0 Å². The van der Waals surface area contributed by atoms with Crippen molar-refractivity contribution in [3.8, 4) is 5.75 Å². The van der Waals surface area contributed by atoms with Gasteiger partial charge < -0.3 is 14.8 Å². The summed E-state index contributed by atoms with van der Waals surface area (Å²) in [5.41, 5.74) is 2.47. The van der Waals surface area contributed by atoms with Crippen LogP contribution in [0.1, 0.15) is 11.1 Å². The molecule has 0 spiro atoms. The molecule has 1 aliphatic heterocycles. The standard InChI is InChI=1S/C13H19NO2/c1-10-5-11(2)7-12(6-10)16-9-13-8-14-3-4-15-13/h5-7,13-14H,3-4,8-9H2,1-2H3. The third kappa shape index (κ3) is 3.22. The Morgan fingerprint density at radius 1 is 1.31 bits per heavy atom. The van der Waals surface area contributed by atoms with Crippen molar-refractivity contribution in [1.82, 2.24) is 5.32 Å². The topological polar surface area (TPSA) is 30.5 Å². The van der Waals surface area contributed by atoms with E-state index >= 15 is 0 Å². The number of hydrogen-bond donors (Lipinski definition) is 1. The molecule has 1 fully saturated rings. The molecule has 88 valence electrons. The van der Waals surface area contributed by atoms with E-state index in [1.165, 1.54) is 11.1 Å². The average molecular weight is 221 g/mol. The molecule has 0 amide bonds. The molecule has 1 aromatic carbocycles. The first kappa shape index (κ1) is 11.4. The van der Waals surface area contributed by atoms with Crippen molar-refractivity contribution in [3.63, 3.8) is 0 Å². The van der Waals surface area contributed by atoms with Gasteiger partial charge in [-0.1, -0.05) is 6.07 Å². The lowest BCUT2D eigenvalue weighted by Gasteiger charge is -2.23. The summed E-state index contributed by atoms with van der Waals surface area (Å²) in [6.07, 6.45) is 0.176. The number of rotatable bonds is 3. The normalized spacial score (nSPS) is 20.8. The number of morpholine rings is 1. The van der Waals surface area contributed by atoms with Gasteiger partial charge in [0, 0.05) is 13.1 Å². The predicted molar refractivity (Wildman–Crippen MR) is 64.0 cm³/mol. The number of aryl methyl sites for hydroxylation is 2. The molecule has 0 aliphatic carbocycles. The lowest BCUT2D eigenvalue weighted by molar-refractivity contribution is 0.000174. The average Bonchev–Trinajstić information content (AvgIpc) is 2.27. The largest absolute Gasteiger partial charge is 0.491 e. The zero-order valence-corrected chi connectivity index (χ0v) is 9.95. The molecule has 1 aliphatic rings. The van der Waals surface area contributed by atoms with Gasteiger partial charge in [0.2, 0.25) is 0 Å². The van der Waals surface area contributed by atoms with Gasteiger partial charge in [0.1, 0.15) is 18.5 Å². The first-order chi connectivity index (χ1) is 7.74. The van der Waals surface area contributed by atoms with Gasteiger partial charge in [-0.2, -0.15) is 0 Å². The van der Waals surface area contributed by atoms with Crippen LogP contribution in [-0.4, -0.2) is 32.4 Å². The Hall–Kier alpha value is -1.06. The Morgan fingerprint density at radius 3 is 2.69 bits per heavy atom. The summed E-state index contributed by atoms with van der Waals surface area (Å²) in [6, 6.07) is 6.26. The zero-order valence-electron chi connectivity index (χ0n) is 9.95. The fraction of sp³-hybridized carbons (Fsp3) is 0.538. The number of nitrogens with one attached hydrogen (secondary N) is 1. The smallest absolute Gasteiger partial charge is 0.119 e. The second kappa shape index (κ2) is 5.32. The summed E-state index contributed by atoms with van der Waals surface area (Å²) in [7, 11) is 0. The minimum atomic E-state index is 0.176. The van der Waals surface area contributed by atoms with Crippen LogP contribution in [0, 0.1) is 13.8 Å². The van der Waals surface area contributed by atoms with Crippen molar-refractivity contribution in [2.75, 3.05) is 26.3 Å². The monoisotopic (exact) mass is 221 g/mol. The van der Waals surface area contributed by atoms with Crippen molar-refractivity contribution in [2.24, 2.45) is 0 Å². The Balaban J connectivity index is 1.88. The molecule has 1 atom stereocenters. The molecule has 3 nitrogen and oxygen atoms in total. The lowest BCUT2D eigenvalue weighted by atomic mass is 10.1. The molecule has 0 bridgehead atoms. The highest BCUT2D eigenvalue weighted by Crippen LogP contribution is 2.16. The summed E-state index contributed by atoms with van der Waals surface area (Å²) >= 11 is 0. The van der Waals surface area contributed by atoms with E-state index in [-0.39, 0.29) is 6.10 Å². The number of benzene rings is 1. The van der Waals surface area contributed by atoms with Crippen molar-refractivity contribution in [2.45, 2.75) is 20.0 Å². The van der Waals surface area contributed by atoms with Gasteiger partial charge in [-0.15, -0.1) is 0 Å². The number of ether oxygens (including phenoxy) is 2. The van der Waals surface area contributed by atoms with E-state index in [0.29, 0.717) is 6.61 Å². The second-order valence-corrected chi connectivity index (χ2v) is 4.33. The molecule has 1 unspecified atom stereocenters. The van der Waals surface area contributed by atoms with Gasteiger partial charge in [-0.05, 0) is 37.1 Å². The van der Waals surface area contributed by atoms with Gasteiger partial charge >= 0.3 is 0 Å². The van der Waals surface area contributed by atoms with Crippen molar-refractivity contribution < 1.29 is 9.47 Å². The summed E-state index contributed by atoms with van der Waals surface area (Å²) in [6.45, 7) is 7.39. The van der Waals surface area contributed by atoms with Crippen LogP contribution in [0.25, 0.3) is 0 Å². The molecule has 2 rings (SSSR count). The molecular formula is C13H19NO2. The Morgan fingerprint density at radius 2 is 2.06 bits per heavy atom. The van der Waals surface area contributed by atoms with Crippen LogP contribution in [0.5, 0.6) is 5.75 Å². The molecule has 0 saturated carbocycles. The quantitative estimate of drug-likeness (QED) is 0.842. The first-order valence-corrected chi connectivity index (χ1v) is 5.77. The van der Waals surface area contributed by atoms with Gasteiger partial charge in [0.05, 0.1) is 6.61 Å². The van der Waals surface area contributed by atoms with Gasteiger partial charge in [-0.3, -0.25) is 0 Å². The molecule has 1 saturated heterocycles. The van der Waals surface area contributed by atoms with Crippen LogP contribution in [0.4, 0.5) is 0 Å². The third-order valence-corrected chi connectivity index (χ3v) is 2.64. The van der Waals surface area contributed by atoms with Gasteiger partial charge in [0.15, 0.2) is 0 Å². The molecule has 0 aromatic heterocycles. The van der Waals surface area contributed by atoms with E-state index in [1.807, 2.05) is 0 Å². The summed E-state index contributed by atoms with van der Waals surface area (Å²) in [5, 5.41) is 3.29. The SMILES string of the molecule is Cc1cc(C)cc(OCC2CNCCO2)c1. The maximum atomic E-state index is 5.74. The third-order valence-electron chi connectivity index (χ3n) is 2.64. The minimum absolute atomic E-state index is 0.176. The van der Waals surface area contributed by atoms with Crippen molar-refractivity contribution >= 4 is 0 Å². The maximum absolute atomic E-state index is 5.74. The second-order valence-electron chi connectivity index (χ2n) is 4.33. The maximum Gasteiger partial charge on any atom is 0.119 e. The highest BCUT2D eigenvalue weighted by Gasteiger charge is 2.13. The Bertz CT molecular complexity index is 326. The van der Waals surface area contributed by atoms with Crippen LogP contribution in [0.3, 0.4) is 0 Å². The molecule has 1 heterocycles. The highest BCUT2D eigenvalue weighted by molar-refractivity contribution is 5.32. The van der Waals surface area contributed by atoms with Crippen LogP contribution < -0.4 is 10.1 Å². The molecule has 1 aromatic rings. The van der Waals surface area contributed by atoms with Crippen molar-refractivity contribution in [1.29, 1.82) is 0 Å². The lowest BCUT2D eigenvalue weighted by Crippen LogP contribution is -2.41. The van der Waals surface area contributed by atoms with E-state index in [4.69, 9.17) is 9.47 Å². The Kier molecular flexibility index (Phi) is 3.80. The fourth-order valence-electron chi connectivity index (χ4n) is 1.93. The van der Waals surface area contributed by atoms with E-state index in [1.54, 1.807) is 0 Å². The highest BCUT2D eigenvalue weighted by atomic mass is 16.5. The van der Waals surface area contributed by atoms with Gasteiger partial charge in [-0.25, -0.2) is 0 Å². The van der Waals surface area contributed by atoms with E-state index in [2.05, 4.69) is 37.4 Å². The van der Waals surface area contributed by atoms with Crippen LogP contribution in [-0.2, 0) is 4.74 Å². The summed E-state index contributed by atoms with van der Waals surface area (Å²) < 4.78 is 11.3. The van der Waals surface area contributed by atoms with Crippen LogP contribution >= 0.6 is 0 Å². The number of hydrogen-bond acceptors (Lipinski definition) is 3. The first-order valence-electron chi connectivity index (χ1n) is 5.77. The molecular weight excluding hydrogens is 202 g/mol. The van der Waals surface area contributed by atoms with E-state index < -0.39 is 0 Å². The molecule has 3 heteroatoms. The summed E-state index contributed by atoms with van der Waals surface area (Å²) in [4.78, 5) is 0. The molecule has 16 heavy (non-hydrogen) atoms. The van der Waals surface area contributed by atoms with E-state index in [9.17, 15) is 0 Å². The van der Waals surface area contributed by atoms with E-state index in [0.717, 1.165) is 25.4 Å². The molecule has 1 N–H and O–H groups in total. The predicted octanol–water partition coefficient (Wildman–Crippen LogP) is 1.67. The summed E-state index contributed by atoms with van der Waals surface area (Å²) in [5.74, 6) is 0.937.